The molecule has 9 nitrogen and oxygen atoms in total. The smallest absolute Gasteiger partial charge is 0.212 e. The highest BCUT2D eigenvalue weighted by atomic mass is 16.5. The number of piperazine rings is 1. The number of anilines is 1. The van der Waals surface area contributed by atoms with Gasteiger partial charge in [-0.25, -0.2) is 14.5 Å². The van der Waals surface area contributed by atoms with Crippen LogP contribution in [0.4, 0.5) is 5.82 Å². The van der Waals surface area contributed by atoms with Crippen molar-refractivity contribution in [3.63, 3.8) is 0 Å². The quantitative estimate of drug-likeness (QED) is 0.367. The molecule has 0 aromatic carbocycles. The normalized spacial score (nSPS) is 22.2. The molecule has 3 saturated heterocycles. The predicted octanol–water partition coefficient (Wildman–Crippen LogP) is 4.29. The van der Waals surface area contributed by atoms with Crippen molar-refractivity contribution in [2.45, 2.75) is 50.9 Å². The fraction of sp³-hybridized carbons (Fsp3) is 0.375. The maximum Gasteiger partial charge on any atom is 0.212 e. The Hall–Kier alpha value is -4.26. The van der Waals surface area contributed by atoms with E-state index in [2.05, 4.69) is 74.7 Å². The van der Waals surface area contributed by atoms with E-state index in [0.29, 0.717) is 29.6 Å². The summed E-state index contributed by atoms with van der Waals surface area (Å²) in [6.45, 7) is 6.01. The van der Waals surface area contributed by atoms with Gasteiger partial charge in [0.1, 0.15) is 11.9 Å². The van der Waals surface area contributed by atoms with E-state index < -0.39 is 0 Å². The van der Waals surface area contributed by atoms with Crippen LogP contribution in [0.3, 0.4) is 0 Å². The molecule has 4 aliphatic rings. The van der Waals surface area contributed by atoms with E-state index in [1.165, 1.54) is 17.6 Å². The van der Waals surface area contributed by atoms with Gasteiger partial charge in [-0.3, -0.25) is 4.90 Å². The van der Waals surface area contributed by atoms with E-state index in [1.54, 1.807) is 13.3 Å². The van der Waals surface area contributed by atoms with Crippen molar-refractivity contribution in [2.24, 2.45) is 0 Å². The minimum absolute atomic E-state index is 0.380. The van der Waals surface area contributed by atoms with E-state index in [9.17, 15) is 5.26 Å². The molecule has 3 fully saturated rings. The number of aromatic nitrogens is 4. The highest BCUT2D eigenvalue weighted by Gasteiger charge is 2.44. The fourth-order valence-corrected chi connectivity index (χ4v) is 6.58. The largest absolute Gasteiger partial charge is 0.481 e. The Morgan fingerprint density at radius 2 is 1.95 bits per heavy atom. The van der Waals surface area contributed by atoms with Crippen LogP contribution in [0.2, 0.25) is 0 Å². The van der Waals surface area contributed by atoms with Gasteiger partial charge in [-0.1, -0.05) is 19.1 Å². The number of hydrogen-bond donors (Lipinski definition) is 1. The third-order valence-electron chi connectivity index (χ3n) is 8.85. The minimum Gasteiger partial charge on any atom is -0.481 e. The van der Waals surface area contributed by atoms with E-state index in [-0.39, 0.29) is 0 Å². The van der Waals surface area contributed by atoms with Crippen LogP contribution in [0.5, 0.6) is 5.88 Å². The molecular weight excluding hydrogens is 512 g/mol. The Kier molecular flexibility index (Phi) is 6.65. The summed E-state index contributed by atoms with van der Waals surface area (Å²) < 4.78 is 7.05. The topological polar surface area (TPSA) is 94.6 Å². The van der Waals surface area contributed by atoms with Gasteiger partial charge in [0.2, 0.25) is 5.88 Å². The molecule has 8 heterocycles. The Bertz CT molecular complexity index is 1620. The Balaban J connectivity index is 1.12. The molecule has 4 aromatic rings. The summed E-state index contributed by atoms with van der Waals surface area (Å²) in [5.74, 6) is 1.65. The molecule has 0 saturated carbocycles. The molecule has 208 valence electrons. The predicted molar refractivity (Wildman–Crippen MR) is 159 cm³/mol. The van der Waals surface area contributed by atoms with Gasteiger partial charge in [-0.2, -0.15) is 10.4 Å². The SMILES string of the molecule is CCC1C=C(c2cc(-c3ccc(N4CC5CC(C4)N5Cc4ccc(OC)nc4)nc3)c3c(C#N)cnn3c2)CCN1. The van der Waals surface area contributed by atoms with Gasteiger partial charge in [0, 0.05) is 73.5 Å². The Morgan fingerprint density at radius 3 is 2.66 bits per heavy atom. The number of hydrogen-bond acceptors (Lipinski definition) is 8. The van der Waals surface area contributed by atoms with Gasteiger partial charge in [-0.15, -0.1) is 0 Å². The lowest BCUT2D eigenvalue weighted by Crippen LogP contribution is -2.68. The molecule has 9 heteroatoms. The first-order chi connectivity index (χ1) is 20.1. The summed E-state index contributed by atoms with van der Waals surface area (Å²) in [7, 11) is 1.64. The van der Waals surface area contributed by atoms with Gasteiger partial charge in [0.05, 0.1) is 24.4 Å². The fourth-order valence-electron chi connectivity index (χ4n) is 6.58. The molecule has 0 amide bonds. The molecule has 0 aliphatic carbocycles. The number of piperidine rings is 1. The zero-order valence-corrected chi connectivity index (χ0v) is 23.5. The first-order valence-electron chi connectivity index (χ1n) is 14.5. The minimum atomic E-state index is 0.380. The lowest BCUT2D eigenvalue weighted by atomic mass is 9.87. The third-order valence-corrected chi connectivity index (χ3v) is 8.85. The zero-order valence-electron chi connectivity index (χ0n) is 23.5. The number of methoxy groups -OCH3 is 1. The number of ether oxygens (including phenoxy) is 1. The van der Waals surface area contributed by atoms with Gasteiger partial charge >= 0.3 is 0 Å². The number of pyridine rings is 3. The summed E-state index contributed by atoms with van der Waals surface area (Å²) in [5.41, 5.74) is 7.07. The van der Waals surface area contributed by atoms with Crippen molar-refractivity contribution >= 4 is 16.9 Å². The van der Waals surface area contributed by atoms with Crippen LogP contribution in [0, 0.1) is 11.3 Å². The number of nitriles is 1. The van der Waals surface area contributed by atoms with Crippen LogP contribution in [0.1, 0.15) is 42.9 Å². The maximum absolute atomic E-state index is 9.80. The van der Waals surface area contributed by atoms with Crippen molar-refractivity contribution in [2.75, 3.05) is 31.6 Å². The van der Waals surface area contributed by atoms with Crippen molar-refractivity contribution in [3.8, 4) is 23.1 Å². The molecule has 41 heavy (non-hydrogen) atoms. The van der Waals surface area contributed by atoms with Crippen LogP contribution < -0.4 is 15.0 Å². The highest BCUT2D eigenvalue weighted by molar-refractivity contribution is 5.87. The lowest BCUT2D eigenvalue weighted by molar-refractivity contribution is -0.00876. The Labute approximate surface area is 240 Å². The second kappa shape index (κ2) is 10.6. The number of rotatable bonds is 7. The molecule has 0 radical (unpaired) electrons. The average Bonchev–Trinajstić information content (AvgIpc) is 3.47. The average molecular weight is 547 g/mol. The summed E-state index contributed by atoms with van der Waals surface area (Å²) in [6, 6.07) is 14.2. The molecule has 3 unspecified atom stereocenters. The van der Waals surface area contributed by atoms with Crippen molar-refractivity contribution < 1.29 is 4.74 Å². The van der Waals surface area contributed by atoms with Crippen molar-refractivity contribution in [3.05, 3.63) is 77.9 Å². The van der Waals surface area contributed by atoms with E-state index in [1.807, 2.05) is 23.0 Å². The Morgan fingerprint density at radius 1 is 1.07 bits per heavy atom. The highest BCUT2D eigenvalue weighted by Crippen LogP contribution is 2.37. The first-order valence-corrected chi connectivity index (χ1v) is 14.5. The summed E-state index contributed by atoms with van der Waals surface area (Å²) in [6.07, 6.45) is 13.2. The van der Waals surface area contributed by atoms with Gasteiger partial charge < -0.3 is 15.0 Å². The van der Waals surface area contributed by atoms with Gasteiger partial charge in [-0.05, 0) is 60.7 Å². The second-order valence-corrected chi connectivity index (χ2v) is 11.3. The number of nitrogens with zero attached hydrogens (tertiary/aromatic N) is 7. The van der Waals surface area contributed by atoms with Crippen molar-refractivity contribution in [1.82, 2.24) is 29.8 Å². The lowest BCUT2D eigenvalue weighted by Gasteiger charge is -2.56. The molecule has 1 N–H and O–H groups in total. The maximum atomic E-state index is 9.80. The van der Waals surface area contributed by atoms with Gasteiger partial charge in [0.25, 0.3) is 0 Å². The summed E-state index contributed by atoms with van der Waals surface area (Å²) in [5, 5.41) is 17.9. The third kappa shape index (κ3) is 4.73. The number of nitrogens with one attached hydrogen (secondary N) is 1. The molecule has 4 aliphatic heterocycles. The zero-order chi connectivity index (χ0) is 27.9. The molecular formula is C32H34N8O. The molecule has 4 aromatic heterocycles. The van der Waals surface area contributed by atoms with E-state index >= 15 is 0 Å². The second-order valence-electron chi connectivity index (χ2n) is 11.3. The van der Waals surface area contributed by atoms with Crippen LogP contribution in [-0.4, -0.2) is 69.4 Å². The monoisotopic (exact) mass is 546 g/mol. The van der Waals surface area contributed by atoms with Crippen LogP contribution in [-0.2, 0) is 6.54 Å². The van der Waals surface area contributed by atoms with E-state index in [4.69, 9.17) is 9.72 Å². The number of fused-ring (bicyclic) bond motifs is 3. The van der Waals surface area contributed by atoms with Crippen LogP contribution in [0.15, 0.2) is 61.2 Å². The van der Waals surface area contributed by atoms with E-state index in [0.717, 1.165) is 67.0 Å². The standard InChI is InChI=1S/C32H34N8O/c1-3-26-10-22(8-9-34-26)24-11-29(32-25(13-33)16-37-40(32)18-24)23-5-6-30(35-15-23)38-19-27-12-28(20-38)39(27)17-21-4-7-31(41-2)36-14-21/h4-7,10-11,14-16,18,26-28,34H,3,8-9,12,17,19-20H2,1-2H3. The summed E-state index contributed by atoms with van der Waals surface area (Å²) in [4.78, 5) is 14.3. The molecule has 3 atom stereocenters. The summed E-state index contributed by atoms with van der Waals surface area (Å²) >= 11 is 0. The van der Waals surface area contributed by atoms with Crippen LogP contribution in [0.25, 0.3) is 22.2 Å². The van der Waals surface area contributed by atoms with Crippen molar-refractivity contribution in [1.29, 1.82) is 5.26 Å². The first kappa shape index (κ1) is 25.7. The molecule has 0 spiro atoms. The van der Waals surface area contributed by atoms with Gasteiger partial charge in [0.15, 0.2) is 0 Å². The molecule has 8 rings (SSSR count). The van der Waals surface area contributed by atoms with Crippen LogP contribution >= 0.6 is 0 Å². The molecule has 2 bridgehead atoms.